The van der Waals surface area contributed by atoms with Crippen LogP contribution >= 0.6 is 0 Å². The summed E-state index contributed by atoms with van der Waals surface area (Å²) in [5, 5.41) is 11.8. The number of aliphatic hydroxyl groups is 1. The number of rotatable bonds is 5. The van der Waals surface area contributed by atoms with Crippen LogP contribution in [0.1, 0.15) is 44.0 Å². The SMILES string of the molecule is CCc1nc2ccccc2c(=O)n1CC1(O)CCN(C(=O)C(C)c2ccccc2)CC1. The molecular formula is C25H29N3O3. The smallest absolute Gasteiger partial charge is 0.261 e. The van der Waals surface area contributed by atoms with Crippen molar-refractivity contribution < 1.29 is 9.90 Å². The summed E-state index contributed by atoms with van der Waals surface area (Å²) >= 11 is 0. The molecule has 4 rings (SSSR count). The summed E-state index contributed by atoms with van der Waals surface area (Å²) in [4.78, 5) is 32.5. The highest BCUT2D eigenvalue weighted by Crippen LogP contribution is 2.27. The molecule has 0 radical (unpaired) electrons. The maximum absolute atomic E-state index is 13.1. The summed E-state index contributed by atoms with van der Waals surface area (Å²) in [5.74, 6) is 0.534. The van der Waals surface area contributed by atoms with Crippen molar-refractivity contribution in [2.24, 2.45) is 0 Å². The molecule has 2 heterocycles. The van der Waals surface area contributed by atoms with Crippen LogP contribution in [0, 0.1) is 0 Å². The average molecular weight is 420 g/mol. The lowest BCUT2D eigenvalue weighted by Crippen LogP contribution is -2.50. The van der Waals surface area contributed by atoms with E-state index < -0.39 is 5.60 Å². The zero-order chi connectivity index (χ0) is 22.0. The molecule has 0 bridgehead atoms. The number of para-hydroxylation sites is 1. The molecule has 1 saturated heterocycles. The fraction of sp³-hybridized carbons (Fsp3) is 0.400. The number of carbonyl (C=O) groups excluding carboxylic acids is 1. The van der Waals surface area contributed by atoms with E-state index >= 15 is 0 Å². The van der Waals surface area contributed by atoms with Gasteiger partial charge in [-0.05, 0) is 37.5 Å². The van der Waals surface area contributed by atoms with Gasteiger partial charge >= 0.3 is 0 Å². The molecule has 1 fully saturated rings. The van der Waals surface area contributed by atoms with Gasteiger partial charge in [-0.3, -0.25) is 14.2 Å². The molecule has 162 valence electrons. The molecular weight excluding hydrogens is 390 g/mol. The monoisotopic (exact) mass is 419 g/mol. The second kappa shape index (κ2) is 8.63. The number of aryl methyl sites for hydroxylation is 1. The van der Waals surface area contributed by atoms with Gasteiger partial charge in [0.15, 0.2) is 0 Å². The van der Waals surface area contributed by atoms with Gasteiger partial charge in [0, 0.05) is 19.5 Å². The van der Waals surface area contributed by atoms with Crippen LogP contribution in [0.15, 0.2) is 59.4 Å². The van der Waals surface area contributed by atoms with E-state index in [2.05, 4.69) is 4.98 Å². The zero-order valence-corrected chi connectivity index (χ0v) is 18.1. The Hall–Kier alpha value is -2.99. The molecule has 6 nitrogen and oxygen atoms in total. The van der Waals surface area contributed by atoms with Gasteiger partial charge < -0.3 is 10.0 Å². The van der Waals surface area contributed by atoms with Crippen LogP contribution in [0.4, 0.5) is 0 Å². The number of aromatic nitrogens is 2. The third-order valence-corrected chi connectivity index (χ3v) is 6.39. The Labute approximate surface area is 182 Å². The van der Waals surface area contributed by atoms with Crippen LogP contribution < -0.4 is 5.56 Å². The first-order valence-corrected chi connectivity index (χ1v) is 11.0. The molecule has 1 aliphatic rings. The molecule has 1 amide bonds. The van der Waals surface area contributed by atoms with E-state index in [0.717, 1.165) is 5.56 Å². The van der Waals surface area contributed by atoms with Crippen molar-refractivity contribution in [1.82, 2.24) is 14.5 Å². The molecule has 1 aromatic heterocycles. The lowest BCUT2D eigenvalue weighted by molar-refractivity contribution is -0.137. The molecule has 6 heteroatoms. The topological polar surface area (TPSA) is 75.4 Å². The van der Waals surface area contributed by atoms with E-state index in [0.29, 0.717) is 49.1 Å². The molecule has 1 N–H and O–H groups in total. The number of hydrogen-bond acceptors (Lipinski definition) is 4. The molecule has 2 aromatic carbocycles. The third kappa shape index (κ3) is 4.26. The lowest BCUT2D eigenvalue weighted by atomic mass is 9.89. The number of likely N-dealkylation sites (tertiary alicyclic amines) is 1. The molecule has 1 unspecified atom stereocenters. The van der Waals surface area contributed by atoms with E-state index in [1.807, 2.05) is 67.3 Å². The van der Waals surface area contributed by atoms with Gasteiger partial charge in [0.1, 0.15) is 5.82 Å². The molecule has 1 atom stereocenters. The third-order valence-electron chi connectivity index (χ3n) is 6.39. The highest BCUT2D eigenvalue weighted by Gasteiger charge is 2.36. The van der Waals surface area contributed by atoms with Crippen molar-refractivity contribution in [3.8, 4) is 0 Å². The maximum atomic E-state index is 13.1. The Kier molecular flexibility index (Phi) is 5.92. The summed E-state index contributed by atoms with van der Waals surface area (Å²) in [6.45, 7) is 5.03. The Balaban J connectivity index is 1.50. The molecule has 0 aliphatic carbocycles. The summed E-state index contributed by atoms with van der Waals surface area (Å²) in [6, 6.07) is 17.1. The molecule has 31 heavy (non-hydrogen) atoms. The van der Waals surface area contributed by atoms with Gasteiger partial charge in [-0.15, -0.1) is 0 Å². The fourth-order valence-electron chi connectivity index (χ4n) is 4.40. The standard InChI is InChI=1S/C25H29N3O3/c1-3-22-26-21-12-8-7-11-20(21)24(30)28(22)17-25(31)13-15-27(16-14-25)23(29)18(2)19-9-5-4-6-10-19/h4-12,18,31H,3,13-17H2,1-2H3. The van der Waals surface area contributed by atoms with Crippen molar-refractivity contribution in [2.75, 3.05) is 13.1 Å². The summed E-state index contributed by atoms with van der Waals surface area (Å²) in [6.07, 6.45) is 1.47. The van der Waals surface area contributed by atoms with Crippen molar-refractivity contribution in [2.45, 2.75) is 51.2 Å². The number of piperidine rings is 1. The highest BCUT2D eigenvalue weighted by atomic mass is 16.3. The van der Waals surface area contributed by atoms with Gasteiger partial charge in [-0.1, -0.05) is 49.4 Å². The molecule has 3 aromatic rings. The van der Waals surface area contributed by atoms with Crippen molar-refractivity contribution in [1.29, 1.82) is 0 Å². The summed E-state index contributed by atoms with van der Waals surface area (Å²) < 4.78 is 1.62. The van der Waals surface area contributed by atoms with Crippen LogP contribution in [-0.2, 0) is 17.8 Å². The zero-order valence-electron chi connectivity index (χ0n) is 18.1. The number of carbonyl (C=O) groups is 1. The predicted octanol–water partition coefficient (Wildman–Crippen LogP) is 3.12. The van der Waals surface area contributed by atoms with Gasteiger partial charge in [0.25, 0.3) is 5.56 Å². The van der Waals surface area contributed by atoms with Gasteiger partial charge in [0.05, 0.1) is 29.0 Å². The van der Waals surface area contributed by atoms with Crippen molar-refractivity contribution in [3.05, 3.63) is 76.3 Å². The van der Waals surface area contributed by atoms with E-state index in [1.54, 1.807) is 10.6 Å². The van der Waals surface area contributed by atoms with Crippen LogP contribution in [0.2, 0.25) is 0 Å². The first kappa shape index (κ1) is 21.2. The minimum absolute atomic E-state index is 0.0760. The largest absolute Gasteiger partial charge is 0.388 e. The quantitative estimate of drug-likeness (QED) is 0.690. The number of nitrogens with zero attached hydrogens (tertiary/aromatic N) is 3. The molecule has 0 spiro atoms. The van der Waals surface area contributed by atoms with Crippen LogP contribution in [0.3, 0.4) is 0 Å². The normalized spacial score (nSPS) is 16.9. The lowest BCUT2D eigenvalue weighted by Gasteiger charge is -2.39. The first-order valence-electron chi connectivity index (χ1n) is 11.0. The summed E-state index contributed by atoms with van der Waals surface area (Å²) in [5.41, 5.74) is 0.523. The number of hydrogen-bond donors (Lipinski definition) is 1. The number of benzene rings is 2. The number of fused-ring (bicyclic) bond motifs is 1. The van der Waals surface area contributed by atoms with E-state index in [4.69, 9.17) is 0 Å². The summed E-state index contributed by atoms with van der Waals surface area (Å²) in [7, 11) is 0. The fourth-order valence-corrected chi connectivity index (χ4v) is 4.40. The molecule has 0 saturated carbocycles. The molecule has 1 aliphatic heterocycles. The van der Waals surface area contributed by atoms with Gasteiger partial charge in [0.2, 0.25) is 5.91 Å². The van der Waals surface area contributed by atoms with Crippen molar-refractivity contribution in [3.63, 3.8) is 0 Å². The Morgan fingerprint density at radius 3 is 2.42 bits per heavy atom. The Bertz CT molecular complexity index is 1130. The predicted molar refractivity (Wildman–Crippen MR) is 121 cm³/mol. The van der Waals surface area contributed by atoms with E-state index in [1.165, 1.54) is 0 Å². The van der Waals surface area contributed by atoms with Crippen LogP contribution in [-0.4, -0.2) is 44.2 Å². The Morgan fingerprint density at radius 2 is 1.74 bits per heavy atom. The highest BCUT2D eigenvalue weighted by molar-refractivity contribution is 5.83. The Morgan fingerprint density at radius 1 is 1.10 bits per heavy atom. The average Bonchev–Trinajstić information content (AvgIpc) is 2.81. The first-order chi connectivity index (χ1) is 14.9. The van der Waals surface area contributed by atoms with Gasteiger partial charge in [-0.2, -0.15) is 0 Å². The van der Waals surface area contributed by atoms with E-state index in [-0.39, 0.29) is 23.9 Å². The maximum Gasteiger partial charge on any atom is 0.261 e. The van der Waals surface area contributed by atoms with Crippen molar-refractivity contribution >= 4 is 16.8 Å². The van der Waals surface area contributed by atoms with Gasteiger partial charge in [-0.25, -0.2) is 4.98 Å². The second-order valence-corrected chi connectivity index (χ2v) is 8.47. The minimum Gasteiger partial charge on any atom is -0.388 e. The number of amides is 1. The minimum atomic E-state index is -1.04. The van der Waals surface area contributed by atoms with Crippen LogP contribution in [0.25, 0.3) is 10.9 Å². The van der Waals surface area contributed by atoms with Crippen LogP contribution in [0.5, 0.6) is 0 Å². The van der Waals surface area contributed by atoms with E-state index in [9.17, 15) is 14.7 Å². The second-order valence-electron chi connectivity index (χ2n) is 8.47.